The van der Waals surface area contributed by atoms with Crippen molar-refractivity contribution in [2.75, 3.05) is 32.7 Å². The van der Waals surface area contributed by atoms with E-state index in [-0.39, 0.29) is 23.5 Å². The highest BCUT2D eigenvalue weighted by Gasteiger charge is 2.18. The van der Waals surface area contributed by atoms with Crippen molar-refractivity contribution in [3.05, 3.63) is 47.8 Å². The molecule has 0 saturated carbocycles. The molecule has 1 aliphatic heterocycles. The van der Waals surface area contributed by atoms with Gasteiger partial charge in [-0.05, 0) is 31.0 Å². The van der Waals surface area contributed by atoms with Crippen LogP contribution in [0, 0.1) is 0 Å². The Balaban J connectivity index is 1.65. The summed E-state index contributed by atoms with van der Waals surface area (Å²) in [5.74, 6) is 0.394. The molecule has 1 aromatic carbocycles. The number of methoxy groups -OCH3 is 2. The van der Waals surface area contributed by atoms with Gasteiger partial charge in [-0.2, -0.15) is 0 Å². The van der Waals surface area contributed by atoms with Gasteiger partial charge in [-0.25, -0.2) is 0 Å². The van der Waals surface area contributed by atoms with Crippen LogP contribution in [-0.2, 0) is 4.74 Å². The standard InChI is InChI=1S/C20H23N3O5/c1-26-17-6-5-15(9-18(17)27-2)23-20(25)14-8-13(10-21-11-14)19(24)22-12-16-4-3-7-28-16/h5-6,8-11,16H,3-4,7,12H2,1-2H3,(H,22,24)(H,23,25). The number of nitrogens with zero attached hydrogens (tertiary/aromatic N) is 1. The number of anilines is 1. The van der Waals surface area contributed by atoms with E-state index in [0.29, 0.717) is 29.3 Å². The Morgan fingerprint density at radius 3 is 2.54 bits per heavy atom. The molecular weight excluding hydrogens is 362 g/mol. The number of nitrogens with one attached hydrogen (secondary N) is 2. The van der Waals surface area contributed by atoms with E-state index in [1.807, 2.05) is 0 Å². The third-order valence-corrected chi connectivity index (χ3v) is 4.42. The van der Waals surface area contributed by atoms with Crippen molar-refractivity contribution in [1.29, 1.82) is 0 Å². The third-order valence-electron chi connectivity index (χ3n) is 4.42. The first-order chi connectivity index (χ1) is 13.6. The molecular formula is C20H23N3O5. The van der Waals surface area contributed by atoms with Crippen molar-refractivity contribution in [2.24, 2.45) is 0 Å². The molecule has 0 spiro atoms. The maximum absolute atomic E-state index is 12.5. The van der Waals surface area contributed by atoms with Gasteiger partial charge in [0.05, 0.1) is 31.5 Å². The molecule has 0 bridgehead atoms. The number of amides is 2. The summed E-state index contributed by atoms with van der Waals surface area (Å²) in [5.41, 5.74) is 1.13. The fraction of sp³-hybridized carbons (Fsp3) is 0.350. The summed E-state index contributed by atoms with van der Waals surface area (Å²) < 4.78 is 15.9. The number of pyridine rings is 1. The van der Waals surface area contributed by atoms with E-state index in [9.17, 15) is 9.59 Å². The van der Waals surface area contributed by atoms with Crippen molar-refractivity contribution in [3.8, 4) is 11.5 Å². The molecule has 8 heteroatoms. The molecule has 3 rings (SSSR count). The van der Waals surface area contributed by atoms with Crippen LogP contribution in [0.25, 0.3) is 0 Å². The normalized spacial score (nSPS) is 15.7. The summed E-state index contributed by atoms with van der Waals surface area (Å²) in [6.45, 7) is 1.18. The monoisotopic (exact) mass is 385 g/mol. The van der Waals surface area contributed by atoms with Crippen molar-refractivity contribution in [1.82, 2.24) is 10.3 Å². The van der Waals surface area contributed by atoms with Gasteiger partial charge in [0, 0.05) is 37.3 Å². The van der Waals surface area contributed by atoms with Crippen LogP contribution in [0.4, 0.5) is 5.69 Å². The predicted octanol–water partition coefficient (Wildman–Crippen LogP) is 2.26. The van der Waals surface area contributed by atoms with Crippen molar-refractivity contribution in [2.45, 2.75) is 18.9 Å². The molecule has 1 saturated heterocycles. The van der Waals surface area contributed by atoms with Crippen LogP contribution in [0.5, 0.6) is 11.5 Å². The van der Waals surface area contributed by atoms with Crippen molar-refractivity contribution < 1.29 is 23.8 Å². The molecule has 28 heavy (non-hydrogen) atoms. The second-order valence-electron chi connectivity index (χ2n) is 6.33. The van der Waals surface area contributed by atoms with Gasteiger partial charge in [0.2, 0.25) is 0 Å². The Morgan fingerprint density at radius 2 is 1.86 bits per heavy atom. The SMILES string of the molecule is COc1ccc(NC(=O)c2cncc(C(=O)NCC3CCCO3)c2)cc1OC. The van der Waals surface area contributed by atoms with E-state index < -0.39 is 0 Å². The van der Waals surface area contributed by atoms with E-state index in [4.69, 9.17) is 14.2 Å². The number of benzene rings is 1. The van der Waals surface area contributed by atoms with E-state index in [1.54, 1.807) is 18.2 Å². The number of carbonyl (C=O) groups excluding carboxylic acids is 2. The minimum absolute atomic E-state index is 0.0495. The van der Waals surface area contributed by atoms with Gasteiger partial charge >= 0.3 is 0 Å². The van der Waals surface area contributed by atoms with Crippen LogP contribution in [0.3, 0.4) is 0 Å². The summed E-state index contributed by atoms with van der Waals surface area (Å²) in [6, 6.07) is 6.56. The zero-order valence-electron chi connectivity index (χ0n) is 15.9. The minimum Gasteiger partial charge on any atom is -0.493 e. The maximum atomic E-state index is 12.5. The number of carbonyl (C=O) groups is 2. The molecule has 2 N–H and O–H groups in total. The number of rotatable bonds is 7. The molecule has 8 nitrogen and oxygen atoms in total. The van der Waals surface area contributed by atoms with E-state index in [2.05, 4.69) is 15.6 Å². The molecule has 2 heterocycles. The third kappa shape index (κ3) is 4.77. The second-order valence-corrected chi connectivity index (χ2v) is 6.33. The first kappa shape index (κ1) is 19.6. The Bertz CT molecular complexity index is 849. The van der Waals surface area contributed by atoms with E-state index >= 15 is 0 Å². The lowest BCUT2D eigenvalue weighted by Crippen LogP contribution is -2.32. The van der Waals surface area contributed by atoms with Gasteiger partial charge in [-0.1, -0.05) is 0 Å². The predicted molar refractivity (Wildman–Crippen MR) is 103 cm³/mol. The largest absolute Gasteiger partial charge is 0.493 e. The van der Waals surface area contributed by atoms with Crippen LogP contribution in [-0.4, -0.2) is 50.3 Å². The lowest BCUT2D eigenvalue weighted by Gasteiger charge is -2.12. The van der Waals surface area contributed by atoms with Gasteiger partial charge in [0.1, 0.15) is 0 Å². The quantitative estimate of drug-likeness (QED) is 0.759. The average molecular weight is 385 g/mol. The van der Waals surface area contributed by atoms with Gasteiger partial charge < -0.3 is 24.8 Å². The van der Waals surface area contributed by atoms with Crippen molar-refractivity contribution in [3.63, 3.8) is 0 Å². The van der Waals surface area contributed by atoms with E-state index in [1.165, 1.54) is 32.7 Å². The average Bonchev–Trinajstić information content (AvgIpc) is 3.25. The molecule has 148 valence electrons. The minimum atomic E-state index is -0.381. The zero-order valence-corrected chi connectivity index (χ0v) is 15.9. The Hall–Kier alpha value is -3.13. The first-order valence-electron chi connectivity index (χ1n) is 8.99. The van der Waals surface area contributed by atoms with Crippen molar-refractivity contribution >= 4 is 17.5 Å². The molecule has 1 atom stereocenters. The molecule has 0 radical (unpaired) electrons. The fourth-order valence-corrected chi connectivity index (χ4v) is 2.92. The van der Waals surface area contributed by atoms with Crippen LogP contribution < -0.4 is 20.1 Å². The first-order valence-corrected chi connectivity index (χ1v) is 8.99. The van der Waals surface area contributed by atoms with Crippen LogP contribution in [0.1, 0.15) is 33.6 Å². The second kappa shape index (κ2) is 9.18. The molecule has 2 amide bonds. The smallest absolute Gasteiger partial charge is 0.257 e. The highest BCUT2D eigenvalue weighted by molar-refractivity contribution is 6.06. The number of ether oxygens (including phenoxy) is 3. The van der Waals surface area contributed by atoms with Gasteiger partial charge in [-0.15, -0.1) is 0 Å². The van der Waals surface area contributed by atoms with Gasteiger partial charge in [0.15, 0.2) is 11.5 Å². The number of hydrogen-bond donors (Lipinski definition) is 2. The van der Waals surface area contributed by atoms with Crippen LogP contribution in [0.2, 0.25) is 0 Å². The van der Waals surface area contributed by atoms with Gasteiger partial charge in [0.25, 0.3) is 11.8 Å². The fourth-order valence-electron chi connectivity index (χ4n) is 2.92. The molecule has 1 aromatic heterocycles. The Kier molecular flexibility index (Phi) is 6.44. The molecule has 1 aliphatic rings. The van der Waals surface area contributed by atoms with Gasteiger partial charge in [-0.3, -0.25) is 14.6 Å². The summed E-state index contributed by atoms with van der Waals surface area (Å²) in [4.78, 5) is 28.9. The summed E-state index contributed by atoms with van der Waals surface area (Å²) in [5, 5.41) is 5.58. The summed E-state index contributed by atoms with van der Waals surface area (Å²) in [7, 11) is 3.06. The molecule has 2 aromatic rings. The summed E-state index contributed by atoms with van der Waals surface area (Å²) >= 11 is 0. The van der Waals surface area contributed by atoms with Crippen LogP contribution in [0.15, 0.2) is 36.7 Å². The highest BCUT2D eigenvalue weighted by atomic mass is 16.5. The molecule has 0 aliphatic carbocycles. The molecule has 1 fully saturated rings. The lowest BCUT2D eigenvalue weighted by molar-refractivity contribution is 0.0857. The zero-order chi connectivity index (χ0) is 19.9. The van der Waals surface area contributed by atoms with E-state index in [0.717, 1.165) is 19.4 Å². The molecule has 1 unspecified atom stereocenters. The number of hydrogen-bond acceptors (Lipinski definition) is 6. The van der Waals surface area contributed by atoms with Crippen LogP contribution >= 0.6 is 0 Å². The Labute approximate surface area is 163 Å². The lowest BCUT2D eigenvalue weighted by atomic mass is 10.1. The highest BCUT2D eigenvalue weighted by Crippen LogP contribution is 2.29. The maximum Gasteiger partial charge on any atom is 0.257 e. The number of aromatic nitrogens is 1. The summed E-state index contributed by atoms with van der Waals surface area (Å²) in [6.07, 6.45) is 4.83. The topological polar surface area (TPSA) is 98.8 Å². The Morgan fingerprint density at radius 1 is 1.11 bits per heavy atom.